The third-order valence-electron chi connectivity index (χ3n) is 5.84. The number of piperidine rings is 1. The van der Waals surface area contributed by atoms with Crippen LogP contribution in [-0.4, -0.2) is 53.0 Å². The maximum atomic E-state index is 13.2. The first-order valence-electron chi connectivity index (χ1n) is 10.4. The SMILES string of the molecule is CC(C)CNC(=O)C1CSC2(CCN(C(=O)c3cccc4ccccc34)CC2)N1. The summed E-state index contributed by atoms with van der Waals surface area (Å²) >= 11 is 1.84. The molecule has 0 radical (unpaired) electrons. The molecule has 2 aromatic rings. The molecule has 2 aliphatic heterocycles. The second-order valence-electron chi connectivity index (χ2n) is 8.46. The summed E-state index contributed by atoms with van der Waals surface area (Å²) in [6.07, 6.45) is 1.73. The Morgan fingerprint density at radius 2 is 1.90 bits per heavy atom. The van der Waals surface area contributed by atoms with E-state index < -0.39 is 0 Å². The van der Waals surface area contributed by atoms with Gasteiger partial charge >= 0.3 is 0 Å². The molecule has 2 aliphatic rings. The molecule has 0 bridgehead atoms. The first-order valence-corrected chi connectivity index (χ1v) is 11.4. The topological polar surface area (TPSA) is 61.4 Å². The summed E-state index contributed by atoms with van der Waals surface area (Å²) in [5, 5.41) is 8.71. The fraction of sp³-hybridized carbons (Fsp3) is 0.478. The Labute approximate surface area is 176 Å². The molecule has 2 N–H and O–H groups in total. The van der Waals surface area contributed by atoms with E-state index in [4.69, 9.17) is 0 Å². The maximum Gasteiger partial charge on any atom is 0.254 e. The van der Waals surface area contributed by atoms with Gasteiger partial charge in [-0.2, -0.15) is 0 Å². The van der Waals surface area contributed by atoms with Gasteiger partial charge in [-0.3, -0.25) is 14.9 Å². The zero-order chi connectivity index (χ0) is 20.4. The predicted octanol–water partition coefficient (Wildman–Crippen LogP) is 3.25. The summed E-state index contributed by atoms with van der Waals surface area (Å²) in [6, 6.07) is 13.8. The Kier molecular flexibility index (Phi) is 5.83. The molecule has 2 saturated heterocycles. The van der Waals surface area contributed by atoms with Gasteiger partial charge in [-0.05, 0) is 35.6 Å². The van der Waals surface area contributed by atoms with Crippen LogP contribution in [0.5, 0.6) is 0 Å². The minimum Gasteiger partial charge on any atom is -0.354 e. The van der Waals surface area contributed by atoms with E-state index in [0.29, 0.717) is 25.6 Å². The summed E-state index contributed by atoms with van der Waals surface area (Å²) in [4.78, 5) is 27.5. The molecule has 29 heavy (non-hydrogen) atoms. The Bertz CT molecular complexity index is 901. The van der Waals surface area contributed by atoms with Crippen molar-refractivity contribution in [2.24, 2.45) is 5.92 Å². The minimum atomic E-state index is -0.140. The first-order chi connectivity index (χ1) is 14.0. The van der Waals surface area contributed by atoms with E-state index in [0.717, 1.165) is 34.9 Å². The summed E-state index contributed by atoms with van der Waals surface area (Å²) in [7, 11) is 0. The Morgan fingerprint density at radius 1 is 1.17 bits per heavy atom. The van der Waals surface area contributed by atoms with E-state index in [1.165, 1.54) is 0 Å². The molecule has 5 nitrogen and oxygen atoms in total. The maximum absolute atomic E-state index is 13.2. The minimum absolute atomic E-state index is 0.0879. The van der Waals surface area contributed by atoms with Gasteiger partial charge in [-0.25, -0.2) is 0 Å². The van der Waals surface area contributed by atoms with E-state index in [9.17, 15) is 9.59 Å². The standard InChI is InChI=1S/C23H29N3O2S/c1-16(2)14-24-21(27)20-15-29-23(25-20)10-12-26(13-11-23)22(28)19-9-5-7-17-6-3-4-8-18(17)19/h3-9,16,20,25H,10-15H2,1-2H3,(H,24,27). The summed E-state index contributed by atoms with van der Waals surface area (Å²) in [5.41, 5.74) is 0.775. The molecule has 6 heteroatoms. The van der Waals surface area contributed by atoms with Gasteiger partial charge in [0, 0.05) is 31.0 Å². The van der Waals surface area contributed by atoms with Crippen LogP contribution in [-0.2, 0) is 4.79 Å². The van der Waals surface area contributed by atoms with E-state index >= 15 is 0 Å². The number of carbonyl (C=O) groups is 2. The van der Waals surface area contributed by atoms with Gasteiger partial charge < -0.3 is 10.2 Å². The van der Waals surface area contributed by atoms with Crippen LogP contribution in [0.15, 0.2) is 42.5 Å². The first kappa shape index (κ1) is 20.2. The summed E-state index contributed by atoms with van der Waals surface area (Å²) in [6.45, 7) is 6.33. The number of fused-ring (bicyclic) bond motifs is 1. The molecule has 1 atom stereocenters. The molecular weight excluding hydrogens is 382 g/mol. The molecule has 4 rings (SSSR count). The number of amides is 2. The van der Waals surface area contributed by atoms with Crippen molar-refractivity contribution in [2.75, 3.05) is 25.4 Å². The molecule has 0 saturated carbocycles. The van der Waals surface area contributed by atoms with Crippen LogP contribution in [0, 0.1) is 5.92 Å². The van der Waals surface area contributed by atoms with Crippen LogP contribution in [0.3, 0.4) is 0 Å². The number of nitrogens with one attached hydrogen (secondary N) is 2. The molecule has 2 amide bonds. The van der Waals surface area contributed by atoms with Crippen LogP contribution in [0.2, 0.25) is 0 Å². The van der Waals surface area contributed by atoms with Gasteiger partial charge in [-0.1, -0.05) is 50.2 Å². The highest BCUT2D eigenvalue weighted by Crippen LogP contribution is 2.39. The Hall–Kier alpha value is -2.05. The lowest BCUT2D eigenvalue weighted by Crippen LogP contribution is -2.54. The van der Waals surface area contributed by atoms with E-state index in [1.807, 2.05) is 59.1 Å². The number of hydrogen-bond donors (Lipinski definition) is 2. The van der Waals surface area contributed by atoms with Crippen LogP contribution in [0.1, 0.15) is 37.0 Å². The van der Waals surface area contributed by atoms with Crippen molar-refractivity contribution in [1.82, 2.24) is 15.5 Å². The van der Waals surface area contributed by atoms with E-state index in [2.05, 4.69) is 24.5 Å². The average Bonchev–Trinajstić information content (AvgIpc) is 3.15. The number of thioether (sulfide) groups is 1. The second kappa shape index (κ2) is 8.36. The highest BCUT2D eigenvalue weighted by molar-refractivity contribution is 8.01. The number of benzene rings is 2. The molecule has 1 unspecified atom stereocenters. The molecule has 0 aromatic heterocycles. The van der Waals surface area contributed by atoms with Crippen molar-refractivity contribution in [3.05, 3.63) is 48.0 Å². The number of nitrogens with zero attached hydrogens (tertiary/aromatic N) is 1. The fourth-order valence-corrected chi connectivity index (χ4v) is 5.57. The normalized spacial score (nSPS) is 21.1. The molecule has 2 heterocycles. The number of likely N-dealkylation sites (tertiary alicyclic amines) is 1. The fourth-order valence-electron chi connectivity index (χ4n) is 4.15. The highest BCUT2D eigenvalue weighted by atomic mass is 32.2. The van der Waals surface area contributed by atoms with Crippen molar-refractivity contribution in [3.8, 4) is 0 Å². The number of carbonyl (C=O) groups excluding carboxylic acids is 2. The van der Waals surface area contributed by atoms with Crippen LogP contribution in [0.4, 0.5) is 0 Å². The van der Waals surface area contributed by atoms with Crippen molar-refractivity contribution in [2.45, 2.75) is 37.6 Å². The largest absolute Gasteiger partial charge is 0.354 e. The summed E-state index contributed by atoms with van der Waals surface area (Å²) < 4.78 is 0. The van der Waals surface area contributed by atoms with Gasteiger partial charge in [0.25, 0.3) is 5.91 Å². The number of hydrogen-bond acceptors (Lipinski definition) is 4. The zero-order valence-electron chi connectivity index (χ0n) is 17.1. The van der Waals surface area contributed by atoms with Crippen LogP contribution in [0.25, 0.3) is 10.8 Å². The molecule has 2 aromatic carbocycles. The van der Waals surface area contributed by atoms with Gasteiger partial charge in [0.05, 0.1) is 10.9 Å². The van der Waals surface area contributed by atoms with Crippen molar-refractivity contribution >= 4 is 34.3 Å². The molecular formula is C23H29N3O2S. The van der Waals surface area contributed by atoms with Crippen molar-refractivity contribution in [3.63, 3.8) is 0 Å². The Balaban J connectivity index is 1.38. The highest BCUT2D eigenvalue weighted by Gasteiger charge is 2.44. The molecule has 2 fully saturated rings. The smallest absolute Gasteiger partial charge is 0.254 e. The van der Waals surface area contributed by atoms with Crippen molar-refractivity contribution in [1.29, 1.82) is 0 Å². The lowest BCUT2D eigenvalue weighted by Gasteiger charge is -2.39. The monoisotopic (exact) mass is 411 g/mol. The molecule has 1 spiro atoms. The van der Waals surface area contributed by atoms with E-state index in [1.54, 1.807) is 0 Å². The molecule has 154 valence electrons. The number of rotatable bonds is 4. The van der Waals surface area contributed by atoms with Crippen LogP contribution >= 0.6 is 11.8 Å². The lowest BCUT2D eigenvalue weighted by molar-refractivity contribution is -0.122. The van der Waals surface area contributed by atoms with E-state index in [-0.39, 0.29) is 22.7 Å². The molecule has 0 aliphatic carbocycles. The van der Waals surface area contributed by atoms with Gasteiger partial charge in [0.1, 0.15) is 0 Å². The third-order valence-corrected chi connectivity index (χ3v) is 7.42. The lowest BCUT2D eigenvalue weighted by atomic mass is 10.00. The van der Waals surface area contributed by atoms with Crippen LogP contribution < -0.4 is 10.6 Å². The zero-order valence-corrected chi connectivity index (χ0v) is 17.9. The van der Waals surface area contributed by atoms with Gasteiger partial charge in [-0.15, -0.1) is 11.8 Å². The Morgan fingerprint density at radius 3 is 2.66 bits per heavy atom. The van der Waals surface area contributed by atoms with Gasteiger partial charge in [0.2, 0.25) is 5.91 Å². The quantitative estimate of drug-likeness (QED) is 0.811. The van der Waals surface area contributed by atoms with Gasteiger partial charge in [0.15, 0.2) is 0 Å². The van der Waals surface area contributed by atoms with Crippen molar-refractivity contribution < 1.29 is 9.59 Å². The second-order valence-corrected chi connectivity index (χ2v) is 9.86. The third kappa shape index (κ3) is 4.28. The predicted molar refractivity (Wildman–Crippen MR) is 119 cm³/mol. The summed E-state index contributed by atoms with van der Waals surface area (Å²) in [5.74, 6) is 1.44. The average molecular weight is 412 g/mol.